The van der Waals surface area contributed by atoms with Crippen LogP contribution in [0.5, 0.6) is 0 Å². The summed E-state index contributed by atoms with van der Waals surface area (Å²) in [6.45, 7) is 3.91. The van der Waals surface area contributed by atoms with Crippen LogP contribution in [0.25, 0.3) is 0 Å². The van der Waals surface area contributed by atoms with Gasteiger partial charge in [-0.2, -0.15) is 0 Å². The number of oxime groups is 1. The highest BCUT2D eigenvalue weighted by Gasteiger charge is 2.30. The van der Waals surface area contributed by atoms with Crippen LogP contribution >= 0.6 is 0 Å². The van der Waals surface area contributed by atoms with Crippen LogP contribution in [-0.2, 0) is 9.63 Å². The van der Waals surface area contributed by atoms with Crippen LogP contribution in [0.1, 0.15) is 32.3 Å². The Morgan fingerprint density at radius 1 is 1.58 bits per heavy atom. The summed E-state index contributed by atoms with van der Waals surface area (Å²) >= 11 is 0. The normalized spacial score (nSPS) is 19.5. The number of hydrogen-bond acceptors (Lipinski definition) is 3. The molecule has 1 aliphatic rings. The fourth-order valence-electron chi connectivity index (χ4n) is 1.81. The Bertz CT molecular complexity index is 502. The molecule has 4 nitrogen and oxygen atoms in total. The molecule has 0 aliphatic carbocycles. The zero-order valence-corrected chi connectivity index (χ0v) is 11.0. The van der Waals surface area contributed by atoms with Crippen molar-refractivity contribution < 1.29 is 14.0 Å². The smallest absolute Gasteiger partial charge is 0.264 e. The maximum absolute atomic E-state index is 13.6. The van der Waals surface area contributed by atoms with Gasteiger partial charge in [0.1, 0.15) is 5.82 Å². The second-order valence-corrected chi connectivity index (χ2v) is 4.63. The van der Waals surface area contributed by atoms with Crippen molar-refractivity contribution in [3.05, 3.63) is 35.6 Å². The fourth-order valence-corrected chi connectivity index (χ4v) is 1.81. The molecule has 1 N–H and O–H groups in total. The van der Waals surface area contributed by atoms with E-state index in [1.807, 2.05) is 13.8 Å². The summed E-state index contributed by atoms with van der Waals surface area (Å²) in [5.74, 6) is -0.558. The summed E-state index contributed by atoms with van der Waals surface area (Å²) < 4.78 is 13.6. The number of benzene rings is 1. The largest absolute Gasteiger partial charge is 0.382 e. The molecule has 0 radical (unpaired) electrons. The van der Waals surface area contributed by atoms with Crippen molar-refractivity contribution >= 4 is 11.6 Å². The zero-order valence-electron chi connectivity index (χ0n) is 11.0. The van der Waals surface area contributed by atoms with E-state index in [1.54, 1.807) is 18.2 Å². The third kappa shape index (κ3) is 3.10. The van der Waals surface area contributed by atoms with Gasteiger partial charge in [0.2, 0.25) is 6.10 Å². The minimum Gasteiger partial charge on any atom is -0.382 e. The Kier molecular flexibility index (Phi) is 4.14. The lowest BCUT2D eigenvalue weighted by molar-refractivity contribution is -0.131. The van der Waals surface area contributed by atoms with Crippen LogP contribution in [0.2, 0.25) is 0 Å². The SMILES string of the molecule is CC[C@@H](C)NC(=O)[C@H]1CC(c2ccccc2F)=NO1. The number of halogens is 1. The van der Waals surface area contributed by atoms with E-state index in [9.17, 15) is 9.18 Å². The third-order valence-electron chi connectivity index (χ3n) is 3.15. The zero-order chi connectivity index (χ0) is 13.8. The summed E-state index contributed by atoms with van der Waals surface area (Å²) in [4.78, 5) is 17.0. The third-order valence-corrected chi connectivity index (χ3v) is 3.15. The average molecular weight is 264 g/mol. The van der Waals surface area contributed by atoms with Crippen molar-refractivity contribution in [3.63, 3.8) is 0 Å². The standard InChI is InChI=1S/C14H17FN2O2/c1-3-9(2)16-14(18)13-8-12(17-19-13)10-6-4-5-7-11(10)15/h4-7,9,13H,3,8H2,1-2H3,(H,16,18)/t9-,13-/m1/s1. The van der Waals surface area contributed by atoms with E-state index in [2.05, 4.69) is 10.5 Å². The topological polar surface area (TPSA) is 50.7 Å². The summed E-state index contributed by atoms with van der Waals surface area (Å²) in [5, 5.41) is 6.65. The second kappa shape index (κ2) is 5.82. The Balaban J connectivity index is 2.00. The van der Waals surface area contributed by atoms with Crippen molar-refractivity contribution in [2.75, 3.05) is 0 Å². The molecule has 0 unspecified atom stereocenters. The molecule has 5 heteroatoms. The van der Waals surface area contributed by atoms with Crippen molar-refractivity contribution in [1.82, 2.24) is 5.32 Å². The first-order valence-electron chi connectivity index (χ1n) is 6.39. The summed E-state index contributed by atoms with van der Waals surface area (Å²) in [7, 11) is 0. The molecule has 0 spiro atoms. The Hall–Kier alpha value is -1.91. The van der Waals surface area contributed by atoms with E-state index in [1.165, 1.54) is 6.07 Å². The van der Waals surface area contributed by atoms with Gasteiger partial charge in [0, 0.05) is 18.0 Å². The minimum absolute atomic E-state index is 0.0913. The van der Waals surface area contributed by atoms with Crippen LogP contribution in [0, 0.1) is 5.82 Å². The molecule has 102 valence electrons. The molecule has 1 heterocycles. The van der Waals surface area contributed by atoms with Gasteiger partial charge in [-0.1, -0.05) is 30.3 Å². The monoisotopic (exact) mass is 264 g/mol. The van der Waals surface area contributed by atoms with E-state index in [0.29, 0.717) is 17.7 Å². The van der Waals surface area contributed by atoms with Crippen molar-refractivity contribution in [3.8, 4) is 0 Å². The van der Waals surface area contributed by atoms with Crippen LogP contribution in [0.3, 0.4) is 0 Å². The van der Waals surface area contributed by atoms with Gasteiger partial charge in [0.25, 0.3) is 5.91 Å². The molecule has 1 aromatic rings. The molecule has 2 rings (SSSR count). The summed E-state index contributed by atoms with van der Waals surface area (Å²) in [5.41, 5.74) is 0.865. The minimum atomic E-state index is -0.663. The lowest BCUT2D eigenvalue weighted by Crippen LogP contribution is -2.39. The molecule has 0 bridgehead atoms. The predicted octanol–water partition coefficient (Wildman–Crippen LogP) is 2.23. The van der Waals surface area contributed by atoms with Gasteiger partial charge < -0.3 is 10.2 Å². The lowest BCUT2D eigenvalue weighted by atomic mass is 10.0. The van der Waals surface area contributed by atoms with E-state index < -0.39 is 6.10 Å². The quantitative estimate of drug-likeness (QED) is 0.906. The first-order chi connectivity index (χ1) is 9.11. The molecule has 2 atom stereocenters. The van der Waals surface area contributed by atoms with Gasteiger partial charge in [0.05, 0.1) is 5.71 Å². The first kappa shape index (κ1) is 13.5. The summed E-state index contributed by atoms with van der Waals surface area (Å²) in [6, 6.07) is 6.43. The molecule has 0 aromatic heterocycles. The number of nitrogens with one attached hydrogen (secondary N) is 1. The number of nitrogens with zero attached hydrogens (tertiary/aromatic N) is 1. The molecular formula is C14H17FN2O2. The molecule has 19 heavy (non-hydrogen) atoms. The number of amides is 1. The van der Waals surface area contributed by atoms with Crippen molar-refractivity contribution in [2.45, 2.75) is 38.8 Å². The first-order valence-corrected chi connectivity index (χ1v) is 6.39. The summed E-state index contributed by atoms with van der Waals surface area (Å²) in [6.07, 6.45) is 0.478. The van der Waals surface area contributed by atoms with Gasteiger partial charge in [-0.05, 0) is 19.4 Å². The number of carbonyl (C=O) groups is 1. The Morgan fingerprint density at radius 3 is 3.00 bits per heavy atom. The highest BCUT2D eigenvalue weighted by Crippen LogP contribution is 2.19. The maximum Gasteiger partial charge on any atom is 0.264 e. The van der Waals surface area contributed by atoms with Crippen LogP contribution < -0.4 is 5.32 Å². The van der Waals surface area contributed by atoms with Crippen LogP contribution in [-0.4, -0.2) is 23.8 Å². The number of carbonyl (C=O) groups excluding carboxylic acids is 1. The van der Waals surface area contributed by atoms with Gasteiger partial charge in [-0.15, -0.1) is 0 Å². The van der Waals surface area contributed by atoms with Gasteiger partial charge in [-0.25, -0.2) is 4.39 Å². The fraction of sp³-hybridized carbons (Fsp3) is 0.429. The molecule has 1 aliphatic heterocycles. The Morgan fingerprint density at radius 2 is 2.32 bits per heavy atom. The molecule has 1 amide bonds. The average Bonchev–Trinajstić information content (AvgIpc) is 2.88. The van der Waals surface area contributed by atoms with Crippen molar-refractivity contribution in [2.24, 2.45) is 5.16 Å². The Labute approximate surface area is 111 Å². The molecule has 0 fully saturated rings. The number of hydrogen-bond donors (Lipinski definition) is 1. The molecule has 0 saturated heterocycles. The molecule has 0 saturated carbocycles. The van der Waals surface area contributed by atoms with E-state index in [0.717, 1.165) is 6.42 Å². The number of rotatable bonds is 4. The highest BCUT2D eigenvalue weighted by molar-refractivity contribution is 6.04. The predicted molar refractivity (Wildman–Crippen MR) is 70.3 cm³/mol. The second-order valence-electron chi connectivity index (χ2n) is 4.63. The molecular weight excluding hydrogens is 247 g/mol. The van der Waals surface area contributed by atoms with E-state index in [-0.39, 0.29) is 17.8 Å². The molecule has 1 aromatic carbocycles. The maximum atomic E-state index is 13.6. The van der Waals surface area contributed by atoms with Gasteiger partial charge >= 0.3 is 0 Å². The van der Waals surface area contributed by atoms with E-state index in [4.69, 9.17) is 4.84 Å². The van der Waals surface area contributed by atoms with Gasteiger partial charge in [0.15, 0.2) is 0 Å². The van der Waals surface area contributed by atoms with E-state index >= 15 is 0 Å². The van der Waals surface area contributed by atoms with Crippen LogP contribution in [0.15, 0.2) is 29.4 Å². The van der Waals surface area contributed by atoms with Gasteiger partial charge in [-0.3, -0.25) is 4.79 Å². The highest BCUT2D eigenvalue weighted by atomic mass is 19.1. The lowest BCUT2D eigenvalue weighted by Gasteiger charge is -2.14. The van der Waals surface area contributed by atoms with Crippen LogP contribution in [0.4, 0.5) is 4.39 Å². The van der Waals surface area contributed by atoms with Crippen molar-refractivity contribution in [1.29, 1.82) is 0 Å².